The fraction of sp³-hybridized carbons (Fsp3) is 1.00. The van der Waals surface area contributed by atoms with Gasteiger partial charge in [-0.1, -0.05) is 0 Å². The van der Waals surface area contributed by atoms with Crippen LogP contribution in [0.2, 0.25) is 0 Å². The van der Waals surface area contributed by atoms with Crippen LogP contribution in [0.1, 0.15) is 0 Å². The molecule has 2 aliphatic rings. The zero-order valence-electron chi connectivity index (χ0n) is 12.0. The molecule has 136 valence electrons. The first-order chi connectivity index (χ1) is 10.8. The second kappa shape index (κ2) is 7.21. The third-order valence-corrected chi connectivity index (χ3v) is 4.07. The van der Waals surface area contributed by atoms with E-state index < -0.39 is 74.6 Å². The first-order valence-corrected chi connectivity index (χ1v) is 7.05. The minimum absolute atomic E-state index is 0.669. The first-order valence-electron chi connectivity index (χ1n) is 7.05. The van der Waals surface area contributed by atoms with Crippen molar-refractivity contribution in [2.75, 3.05) is 19.8 Å². The molecular formula is C12H22O11. The summed E-state index contributed by atoms with van der Waals surface area (Å²) in [7, 11) is 0. The van der Waals surface area contributed by atoms with Gasteiger partial charge in [-0.05, 0) is 0 Å². The predicted molar refractivity (Wildman–Crippen MR) is 68.6 cm³/mol. The van der Waals surface area contributed by atoms with Gasteiger partial charge in [0.05, 0.1) is 13.2 Å². The molecule has 0 amide bonds. The van der Waals surface area contributed by atoms with Crippen LogP contribution < -0.4 is 0 Å². The number of aliphatic hydroxyl groups is 8. The lowest BCUT2D eigenvalue weighted by Crippen LogP contribution is -2.62. The highest BCUT2D eigenvalue weighted by Crippen LogP contribution is 2.35. The summed E-state index contributed by atoms with van der Waals surface area (Å²) in [6, 6.07) is 0. The summed E-state index contributed by atoms with van der Waals surface area (Å²) in [5.41, 5.74) is 0. The minimum atomic E-state index is -2.22. The lowest BCUT2D eigenvalue weighted by atomic mass is 10.1. The van der Waals surface area contributed by atoms with E-state index in [-0.39, 0.29) is 0 Å². The Morgan fingerprint density at radius 1 is 0.783 bits per heavy atom. The van der Waals surface area contributed by atoms with Gasteiger partial charge in [-0.2, -0.15) is 0 Å². The molecule has 2 fully saturated rings. The van der Waals surface area contributed by atoms with Crippen LogP contribution in [0.15, 0.2) is 0 Å². The Morgan fingerprint density at radius 3 is 1.87 bits per heavy atom. The highest BCUT2D eigenvalue weighted by Gasteiger charge is 2.58. The number of ether oxygens (including phenoxy) is 3. The van der Waals surface area contributed by atoms with E-state index in [0.717, 1.165) is 0 Å². The Kier molecular flexibility index (Phi) is 5.92. The van der Waals surface area contributed by atoms with E-state index in [1.165, 1.54) is 0 Å². The van der Waals surface area contributed by atoms with Crippen LogP contribution >= 0.6 is 0 Å². The van der Waals surface area contributed by atoms with Gasteiger partial charge in [0, 0.05) is 0 Å². The minimum Gasteiger partial charge on any atom is -0.394 e. The molecule has 0 spiro atoms. The molecule has 9 atom stereocenters. The molecule has 11 heteroatoms. The van der Waals surface area contributed by atoms with Crippen LogP contribution in [0.4, 0.5) is 0 Å². The van der Waals surface area contributed by atoms with Gasteiger partial charge in [-0.25, -0.2) is 0 Å². The maximum atomic E-state index is 10.00. The summed E-state index contributed by atoms with van der Waals surface area (Å²) < 4.78 is 15.4. The van der Waals surface area contributed by atoms with E-state index in [4.69, 9.17) is 24.4 Å². The molecule has 0 aliphatic carbocycles. The summed E-state index contributed by atoms with van der Waals surface area (Å²) >= 11 is 0. The van der Waals surface area contributed by atoms with Crippen LogP contribution in [0.25, 0.3) is 0 Å². The molecule has 23 heavy (non-hydrogen) atoms. The smallest absolute Gasteiger partial charge is 0.224 e. The molecule has 0 saturated carbocycles. The monoisotopic (exact) mass is 348 g/mol. The van der Waals surface area contributed by atoms with Gasteiger partial charge in [0.15, 0.2) is 6.29 Å². The van der Waals surface area contributed by atoms with Crippen LogP contribution in [-0.4, -0.2) is 115 Å². The van der Waals surface area contributed by atoms with E-state index in [1.807, 2.05) is 0 Å². The maximum Gasteiger partial charge on any atom is 0.224 e. The summed E-state index contributed by atoms with van der Waals surface area (Å²) in [6.07, 6.45) is -12.7. The van der Waals surface area contributed by atoms with E-state index in [2.05, 4.69) is 0 Å². The standard InChI is InChI=1S/C12H22O11/c13-1-4-6(16)8(18)9(19)11(21-4)23-12(3-15)10(20)7(17)5(2-14)22-12/h4-11,13-20H,1-3H2/t4?,5-,6?,7-,8?,9?,10+,11?,12+/m1/s1/i1+1,4+1,6+1,8+1,9+1,11+1. The van der Waals surface area contributed by atoms with Crippen molar-refractivity contribution < 1.29 is 55.1 Å². The molecule has 2 saturated heterocycles. The first kappa shape index (κ1) is 18.9. The van der Waals surface area contributed by atoms with Crippen molar-refractivity contribution in [3.8, 4) is 0 Å². The number of rotatable bonds is 5. The number of aliphatic hydroxyl groups excluding tert-OH is 8. The maximum absolute atomic E-state index is 10.00. The molecular weight excluding hydrogens is 326 g/mol. The molecule has 2 rings (SSSR count). The van der Waals surface area contributed by atoms with Gasteiger partial charge in [0.25, 0.3) is 0 Å². The van der Waals surface area contributed by atoms with Crippen molar-refractivity contribution in [3.63, 3.8) is 0 Å². The van der Waals surface area contributed by atoms with Gasteiger partial charge < -0.3 is 55.1 Å². The van der Waals surface area contributed by atoms with Gasteiger partial charge in [-0.15, -0.1) is 0 Å². The average molecular weight is 348 g/mol. The second-order valence-corrected chi connectivity index (χ2v) is 5.56. The Hall–Kier alpha value is -0.440. The predicted octanol–water partition coefficient (Wildman–Crippen LogP) is -5.40. The summed E-state index contributed by atoms with van der Waals surface area (Å²) in [5, 5.41) is 76.7. The molecule has 0 aromatic carbocycles. The van der Waals surface area contributed by atoms with Gasteiger partial charge in [0.1, 0.15) is 49.3 Å². The van der Waals surface area contributed by atoms with Crippen LogP contribution in [0.5, 0.6) is 0 Å². The van der Waals surface area contributed by atoms with Crippen molar-refractivity contribution in [2.24, 2.45) is 0 Å². The fourth-order valence-electron chi connectivity index (χ4n) is 2.63. The van der Waals surface area contributed by atoms with Crippen LogP contribution in [0.3, 0.4) is 0 Å². The van der Waals surface area contributed by atoms with Crippen LogP contribution in [-0.2, 0) is 14.2 Å². The molecule has 8 N–H and O–H groups in total. The van der Waals surface area contributed by atoms with Gasteiger partial charge in [-0.3, -0.25) is 0 Å². The Morgan fingerprint density at radius 2 is 1.39 bits per heavy atom. The van der Waals surface area contributed by atoms with Crippen molar-refractivity contribution in [1.29, 1.82) is 0 Å². The summed E-state index contributed by atoms with van der Waals surface area (Å²) in [4.78, 5) is 0. The zero-order valence-corrected chi connectivity index (χ0v) is 12.0. The van der Waals surface area contributed by atoms with Crippen LogP contribution in [0, 0.1) is 0 Å². The lowest BCUT2D eigenvalue weighted by molar-refractivity contribution is -0.383. The SMILES string of the molecule is OC[C@H]1O[C@@](CO)(O[13CH]2O[13CH]([13CH2]O)[13CH](O)[13CH](O)[13CH]2O)[C@@H](O)[C@@H]1O. The van der Waals surface area contributed by atoms with E-state index in [9.17, 15) is 30.6 Å². The highest BCUT2D eigenvalue weighted by molar-refractivity contribution is 4.98. The molecule has 0 aromatic rings. The molecule has 2 heterocycles. The largest absolute Gasteiger partial charge is 0.394 e. The topological polar surface area (TPSA) is 190 Å². The zero-order chi connectivity index (χ0) is 17.4. The molecule has 0 aromatic heterocycles. The van der Waals surface area contributed by atoms with Crippen molar-refractivity contribution in [2.45, 2.75) is 54.8 Å². The summed E-state index contributed by atoms with van der Waals surface area (Å²) in [6.45, 7) is -2.32. The third kappa shape index (κ3) is 3.23. The van der Waals surface area contributed by atoms with Crippen molar-refractivity contribution >= 4 is 0 Å². The number of hydrogen-bond donors (Lipinski definition) is 8. The molecule has 0 bridgehead atoms. The normalized spacial score (nSPS) is 51.1. The van der Waals surface area contributed by atoms with E-state index in [1.54, 1.807) is 0 Å². The Bertz CT molecular complexity index is 393. The highest BCUT2D eigenvalue weighted by atomic mass is 16.9. The second-order valence-electron chi connectivity index (χ2n) is 5.56. The molecule has 2 aliphatic heterocycles. The molecule has 5 unspecified atom stereocenters. The summed E-state index contributed by atoms with van der Waals surface area (Å²) in [5.74, 6) is -2.22. The third-order valence-electron chi connectivity index (χ3n) is 4.07. The quantitative estimate of drug-likeness (QED) is 0.221. The van der Waals surface area contributed by atoms with E-state index in [0.29, 0.717) is 0 Å². The number of hydrogen-bond acceptors (Lipinski definition) is 11. The van der Waals surface area contributed by atoms with Crippen molar-refractivity contribution in [3.05, 3.63) is 0 Å². The Labute approximate surface area is 130 Å². The molecule has 11 nitrogen and oxygen atoms in total. The average Bonchev–Trinajstić information content (AvgIpc) is 2.80. The fourth-order valence-corrected chi connectivity index (χ4v) is 2.63. The lowest BCUT2D eigenvalue weighted by Gasteiger charge is -2.43. The van der Waals surface area contributed by atoms with Gasteiger partial charge >= 0.3 is 0 Å². The van der Waals surface area contributed by atoms with E-state index >= 15 is 0 Å². The molecule has 0 radical (unpaired) electrons. The van der Waals surface area contributed by atoms with Crippen molar-refractivity contribution in [1.82, 2.24) is 0 Å². The Balaban J connectivity index is 2.18. The van der Waals surface area contributed by atoms with Gasteiger partial charge in [0.2, 0.25) is 5.79 Å².